The highest BCUT2D eigenvalue weighted by Crippen LogP contribution is 2.50. The van der Waals surface area contributed by atoms with Crippen molar-refractivity contribution in [3.05, 3.63) is 264 Å². The molecule has 0 radical (unpaired) electrons. The van der Waals surface area contributed by atoms with Gasteiger partial charge in [0, 0.05) is 76.5 Å². The molecule has 0 atom stereocenters. The summed E-state index contributed by atoms with van der Waals surface area (Å²) in [5.41, 5.74) is 26.2. The molecule has 10 nitrogen and oxygen atoms in total. The first-order chi connectivity index (χ1) is 44.1. The Labute approximate surface area is 521 Å². The van der Waals surface area contributed by atoms with Gasteiger partial charge in [-0.15, -0.1) is 0 Å². The summed E-state index contributed by atoms with van der Waals surface area (Å²) in [5, 5.41) is 0. The van der Waals surface area contributed by atoms with Crippen LogP contribution in [0.1, 0.15) is 37.5 Å². The topological polar surface area (TPSA) is 44.4 Å². The summed E-state index contributed by atoms with van der Waals surface area (Å²) in [4.78, 5) is 17.7. The Morgan fingerprint density at radius 3 is 0.989 bits per heavy atom. The summed E-state index contributed by atoms with van der Waals surface area (Å²) in [6, 6.07) is 81.1. The second-order valence-electron chi connectivity index (χ2n) is 23.9. The predicted molar refractivity (Wildman–Crippen MR) is 367 cm³/mol. The van der Waals surface area contributed by atoms with E-state index in [9.17, 15) is 0 Å². The van der Waals surface area contributed by atoms with E-state index in [1.54, 1.807) is 0 Å². The van der Waals surface area contributed by atoms with Crippen LogP contribution in [0.3, 0.4) is 0 Å². The lowest BCUT2D eigenvalue weighted by molar-refractivity contribution is 0.482. The fourth-order valence-electron chi connectivity index (χ4n) is 14.0. The van der Waals surface area contributed by atoms with Crippen molar-refractivity contribution in [3.63, 3.8) is 0 Å². The van der Waals surface area contributed by atoms with Gasteiger partial charge in [-0.05, 0) is 207 Å². The van der Waals surface area contributed by atoms with E-state index in [0.29, 0.717) is 30.5 Å². The van der Waals surface area contributed by atoms with Crippen LogP contribution < -0.4 is 48.7 Å². The van der Waals surface area contributed by atoms with E-state index in [0.717, 1.165) is 109 Å². The maximum Gasteiger partial charge on any atom is 0.130 e. The quantitative estimate of drug-likeness (QED) is 0.118. The van der Waals surface area contributed by atoms with Gasteiger partial charge in [0.25, 0.3) is 0 Å². The average molecular weight is 1150 g/mol. The molecular weight excluding hydrogens is 1080 g/mol. The van der Waals surface area contributed by atoms with Crippen molar-refractivity contribution < 1.29 is 13.6 Å². The zero-order valence-electron chi connectivity index (χ0n) is 53.7. The molecular formula is C78H70N8O2. The van der Waals surface area contributed by atoms with E-state index < -0.39 is 6.98 Å². The molecule has 0 spiro atoms. The van der Waals surface area contributed by atoms with Gasteiger partial charge in [0.15, 0.2) is 0 Å². The highest BCUT2D eigenvalue weighted by atomic mass is 16.5. The van der Waals surface area contributed by atoms with Crippen molar-refractivity contribution in [1.82, 2.24) is 0 Å². The van der Waals surface area contributed by atoms with E-state index in [-0.39, 0.29) is 6.67 Å². The van der Waals surface area contributed by atoms with Crippen molar-refractivity contribution in [3.8, 4) is 45.3 Å². The van der Waals surface area contributed by atoms with Gasteiger partial charge in [-0.1, -0.05) is 96.1 Å². The van der Waals surface area contributed by atoms with Gasteiger partial charge in [0.05, 0.1) is 58.8 Å². The molecule has 4 heterocycles. The molecule has 88 heavy (non-hydrogen) atoms. The van der Waals surface area contributed by atoms with Crippen molar-refractivity contribution in [2.75, 3.05) is 79.9 Å². The van der Waals surface area contributed by atoms with Gasteiger partial charge in [-0.3, -0.25) is 0 Å². The number of hydrogen-bond donors (Lipinski definition) is 0. The van der Waals surface area contributed by atoms with Gasteiger partial charge >= 0.3 is 0 Å². The molecule has 434 valence electrons. The van der Waals surface area contributed by atoms with E-state index in [1.165, 1.54) is 44.1 Å². The second kappa shape index (κ2) is 21.7. The van der Waals surface area contributed by atoms with Gasteiger partial charge in [0.1, 0.15) is 36.3 Å². The monoisotopic (exact) mass is 1150 g/mol. The SMILES string of the molecule is [2H]C([2H])([2H])N1CN(c2cc(Oc3cccc(N4CN(c5ccc(N6CN(c7cccc(Oc8cc(-c9c(C)cc(C)cc9C)cc(N9CN(C)c%10ccccc%109)c8)c7)c7ccccc76)cc5)c5ccccc54)c3)cc(-c3c(C)cc(C)cc3C)c2)c2ccccc21. The first kappa shape index (κ1) is 50.7. The lowest BCUT2D eigenvalue weighted by Crippen LogP contribution is -2.25. The summed E-state index contributed by atoms with van der Waals surface area (Å²) < 4.78 is 39.2. The molecule has 0 N–H and O–H groups in total. The Kier molecular flexibility index (Phi) is 12.5. The Balaban J connectivity index is 0.689. The number of aryl methyl sites for hydroxylation is 6. The lowest BCUT2D eigenvalue weighted by Gasteiger charge is -2.25. The number of para-hydroxylation sites is 8. The van der Waals surface area contributed by atoms with Crippen LogP contribution >= 0.6 is 0 Å². The van der Waals surface area contributed by atoms with E-state index in [4.69, 9.17) is 13.6 Å². The predicted octanol–water partition coefficient (Wildman–Crippen LogP) is 20.0. The lowest BCUT2D eigenvalue weighted by atomic mass is 9.93. The third kappa shape index (κ3) is 9.71. The molecule has 0 fully saturated rings. The number of fused-ring (bicyclic) bond motifs is 4. The van der Waals surface area contributed by atoms with Gasteiger partial charge < -0.3 is 48.7 Å². The summed E-state index contributed by atoms with van der Waals surface area (Å²) in [6.45, 7) is 12.8. The molecule has 10 heteroatoms. The molecule has 11 aromatic carbocycles. The zero-order valence-corrected chi connectivity index (χ0v) is 50.7. The fourth-order valence-corrected chi connectivity index (χ4v) is 14.0. The van der Waals surface area contributed by atoms with Crippen molar-refractivity contribution in [2.45, 2.75) is 41.5 Å². The molecule has 0 unspecified atom stereocenters. The number of nitrogens with zero attached hydrogens (tertiary/aromatic N) is 8. The average Bonchev–Trinajstić information content (AvgIpc) is 2.08. The third-order valence-corrected chi connectivity index (χ3v) is 17.7. The molecule has 0 amide bonds. The first-order valence-electron chi connectivity index (χ1n) is 31.7. The molecule has 0 aromatic heterocycles. The van der Waals surface area contributed by atoms with Crippen LogP contribution in [0.25, 0.3) is 22.3 Å². The van der Waals surface area contributed by atoms with Gasteiger partial charge in [0.2, 0.25) is 0 Å². The molecule has 0 bridgehead atoms. The number of benzene rings is 11. The minimum atomic E-state index is -2.32. The highest BCUT2D eigenvalue weighted by molar-refractivity contribution is 5.91. The number of ether oxygens (including phenoxy) is 2. The summed E-state index contributed by atoms with van der Waals surface area (Å²) in [5.74, 6) is 2.87. The Hall–Kier alpha value is -10.6. The van der Waals surface area contributed by atoms with Crippen LogP contribution in [0.15, 0.2) is 231 Å². The van der Waals surface area contributed by atoms with Crippen LogP contribution in [0.5, 0.6) is 23.0 Å². The van der Waals surface area contributed by atoms with Crippen molar-refractivity contribution >= 4 is 79.6 Å². The van der Waals surface area contributed by atoms with E-state index in [1.807, 2.05) is 42.5 Å². The van der Waals surface area contributed by atoms with Gasteiger partial charge in [-0.2, -0.15) is 0 Å². The summed E-state index contributed by atoms with van der Waals surface area (Å²) in [7, 11) is 2.15. The Morgan fingerprint density at radius 2 is 0.602 bits per heavy atom. The van der Waals surface area contributed by atoms with Crippen molar-refractivity contribution in [2.24, 2.45) is 0 Å². The maximum absolute atomic E-state index is 8.43. The molecule has 0 aliphatic carbocycles. The minimum Gasteiger partial charge on any atom is -0.457 e. The number of hydrogen-bond acceptors (Lipinski definition) is 10. The van der Waals surface area contributed by atoms with Crippen LogP contribution in [0.4, 0.5) is 79.6 Å². The molecule has 4 aliphatic rings. The van der Waals surface area contributed by atoms with Crippen LogP contribution in [-0.2, 0) is 0 Å². The normalized spacial score (nSPS) is 14.6. The smallest absolute Gasteiger partial charge is 0.130 e. The van der Waals surface area contributed by atoms with Crippen molar-refractivity contribution in [1.29, 1.82) is 0 Å². The molecule has 11 aromatic rings. The number of anilines is 14. The standard InChI is InChI=1S/C78H70N8O2/c1-51-35-53(3)77(54(4)36-51)57-39-63(81-47-79(7)69-23-9-11-25-71(69)81)45-67(41-57)87-65-21-17-19-61(43-65)85-49-83(73-27-13-15-29-75(73)85)59-31-33-60(34-32-59)84-50-86(76-30-16-14-28-74(76)84)62-20-18-22-66(44-62)88-68-42-58(78-55(5)37-52(2)38-56(78)6)40-64(46-68)82-48-80(8)70-24-10-12-26-72(70)82/h9-46H,47-50H2,1-8H3/i7D3. The number of rotatable bonds is 12. The Morgan fingerprint density at radius 1 is 0.284 bits per heavy atom. The second-order valence-corrected chi connectivity index (χ2v) is 23.9. The zero-order chi connectivity index (χ0) is 62.4. The van der Waals surface area contributed by atoms with Crippen LogP contribution in [-0.4, -0.2) is 40.7 Å². The largest absolute Gasteiger partial charge is 0.457 e. The van der Waals surface area contributed by atoms with Gasteiger partial charge in [-0.25, -0.2) is 0 Å². The Bertz CT molecular complexity index is 4620. The van der Waals surface area contributed by atoms with E-state index in [2.05, 4.69) is 271 Å². The maximum atomic E-state index is 8.43. The first-order valence-corrected chi connectivity index (χ1v) is 30.2. The minimum absolute atomic E-state index is 0.173. The fraction of sp³-hybridized carbons (Fsp3) is 0.154. The van der Waals surface area contributed by atoms with Crippen LogP contribution in [0.2, 0.25) is 0 Å². The highest BCUT2D eigenvalue weighted by Gasteiger charge is 2.32. The molecule has 0 saturated heterocycles. The molecule has 15 rings (SSSR count). The molecule has 4 aliphatic heterocycles. The third-order valence-electron chi connectivity index (χ3n) is 17.7. The summed E-state index contributed by atoms with van der Waals surface area (Å²) in [6.07, 6.45) is 0. The van der Waals surface area contributed by atoms with E-state index >= 15 is 0 Å². The summed E-state index contributed by atoms with van der Waals surface area (Å²) >= 11 is 0. The molecule has 0 saturated carbocycles. The van der Waals surface area contributed by atoms with Crippen LogP contribution in [0, 0.1) is 41.5 Å².